The third-order valence-corrected chi connectivity index (χ3v) is 7.17. The molecule has 174 valence electrons. The Labute approximate surface area is 199 Å². The molecule has 0 bridgehead atoms. The highest BCUT2D eigenvalue weighted by Crippen LogP contribution is 2.25. The van der Waals surface area contributed by atoms with E-state index >= 15 is 0 Å². The second-order valence-electron chi connectivity index (χ2n) is 8.34. The number of carbonyl (C=O) groups excluding carboxylic acids is 1. The van der Waals surface area contributed by atoms with E-state index in [0.717, 1.165) is 16.7 Å². The standard InChI is InChI=1S/C27H26N2O4S/c1-18-7-13-24(14-8-18)34(31,32)17-25-20(3)33-27(29-25)23-11-9-22(10-12-23)26(30)28-16-21-6-4-5-19(2)15-21/h4-15H,16-17H2,1-3H3,(H,28,30). The molecule has 0 fully saturated rings. The minimum absolute atomic E-state index is 0.179. The van der Waals surface area contributed by atoms with Gasteiger partial charge in [0.15, 0.2) is 9.84 Å². The van der Waals surface area contributed by atoms with Crippen molar-refractivity contribution in [2.45, 2.75) is 38.0 Å². The van der Waals surface area contributed by atoms with Crippen molar-refractivity contribution in [1.29, 1.82) is 0 Å². The Morgan fingerprint density at radius 2 is 1.62 bits per heavy atom. The number of benzene rings is 3. The molecule has 6 nitrogen and oxygen atoms in total. The summed E-state index contributed by atoms with van der Waals surface area (Å²) in [6.07, 6.45) is 0. The zero-order chi connectivity index (χ0) is 24.3. The molecule has 4 aromatic rings. The molecule has 0 aliphatic carbocycles. The Bertz CT molecular complexity index is 1420. The minimum Gasteiger partial charge on any atom is -0.441 e. The molecule has 0 saturated heterocycles. The number of nitrogens with zero attached hydrogens (tertiary/aromatic N) is 1. The highest BCUT2D eigenvalue weighted by Gasteiger charge is 2.21. The van der Waals surface area contributed by atoms with Gasteiger partial charge in [0.2, 0.25) is 5.89 Å². The Morgan fingerprint density at radius 1 is 0.912 bits per heavy atom. The molecule has 7 heteroatoms. The van der Waals surface area contributed by atoms with Gasteiger partial charge < -0.3 is 9.73 Å². The molecule has 0 spiro atoms. The molecule has 34 heavy (non-hydrogen) atoms. The van der Waals surface area contributed by atoms with Crippen molar-refractivity contribution in [3.05, 3.63) is 107 Å². The molecule has 1 aromatic heterocycles. The van der Waals surface area contributed by atoms with Gasteiger partial charge in [-0.1, -0.05) is 47.5 Å². The maximum atomic E-state index is 12.8. The lowest BCUT2D eigenvalue weighted by Gasteiger charge is -2.06. The third kappa shape index (κ3) is 5.43. The summed E-state index contributed by atoms with van der Waals surface area (Å²) in [6, 6.07) is 21.6. The van der Waals surface area contributed by atoms with E-state index in [1.807, 2.05) is 38.1 Å². The average molecular weight is 475 g/mol. The minimum atomic E-state index is -3.55. The summed E-state index contributed by atoms with van der Waals surface area (Å²) in [5.41, 5.74) is 4.72. The van der Waals surface area contributed by atoms with E-state index in [0.29, 0.717) is 35.0 Å². The largest absolute Gasteiger partial charge is 0.441 e. The lowest BCUT2D eigenvalue weighted by atomic mass is 10.1. The summed E-state index contributed by atoms with van der Waals surface area (Å²) in [6.45, 7) is 6.06. The summed E-state index contributed by atoms with van der Waals surface area (Å²) in [5.74, 6) is 0.343. The number of nitrogens with one attached hydrogen (secondary N) is 1. The van der Waals surface area contributed by atoms with Crippen LogP contribution in [0.5, 0.6) is 0 Å². The van der Waals surface area contributed by atoms with Crippen molar-refractivity contribution in [1.82, 2.24) is 10.3 Å². The number of rotatable bonds is 7. The number of amides is 1. The molecule has 3 aromatic carbocycles. The van der Waals surface area contributed by atoms with Gasteiger partial charge in [-0.2, -0.15) is 0 Å². The summed E-state index contributed by atoms with van der Waals surface area (Å²) in [7, 11) is -3.55. The fourth-order valence-electron chi connectivity index (χ4n) is 3.57. The molecule has 1 N–H and O–H groups in total. The molecule has 0 unspecified atom stereocenters. The van der Waals surface area contributed by atoms with Crippen LogP contribution in [0, 0.1) is 20.8 Å². The van der Waals surface area contributed by atoms with Crippen LogP contribution in [0.4, 0.5) is 0 Å². The summed E-state index contributed by atoms with van der Waals surface area (Å²) in [4.78, 5) is 17.2. The molecular weight excluding hydrogens is 448 g/mol. The SMILES string of the molecule is Cc1ccc(S(=O)(=O)Cc2nc(-c3ccc(C(=O)NCc4cccc(C)c4)cc3)oc2C)cc1. The first-order valence-corrected chi connectivity index (χ1v) is 12.6. The fourth-order valence-corrected chi connectivity index (χ4v) is 4.91. The monoisotopic (exact) mass is 474 g/mol. The number of hydrogen-bond donors (Lipinski definition) is 1. The van der Waals surface area contributed by atoms with Crippen molar-refractivity contribution in [3.63, 3.8) is 0 Å². The molecule has 1 heterocycles. The fraction of sp³-hybridized carbons (Fsp3) is 0.185. The topological polar surface area (TPSA) is 89.3 Å². The van der Waals surface area contributed by atoms with Crippen molar-refractivity contribution < 1.29 is 17.6 Å². The maximum Gasteiger partial charge on any atom is 0.251 e. The molecule has 0 radical (unpaired) electrons. The van der Waals surface area contributed by atoms with Gasteiger partial charge in [0.1, 0.15) is 11.5 Å². The van der Waals surface area contributed by atoms with Crippen LogP contribution in [0.3, 0.4) is 0 Å². The molecule has 1 amide bonds. The number of oxazole rings is 1. The summed E-state index contributed by atoms with van der Waals surface area (Å²) >= 11 is 0. The van der Waals surface area contributed by atoms with Crippen LogP contribution >= 0.6 is 0 Å². The first kappa shape index (κ1) is 23.4. The van der Waals surface area contributed by atoms with E-state index in [1.165, 1.54) is 0 Å². The molecular formula is C27H26N2O4S. The van der Waals surface area contributed by atoms with E-state index in [9.17, 15) is 13.2 Å². The smallest absolute Gasteiger partial charge is 0.251 e. The Morgan fingerprint density at radius 3 is 2.29 bits per heavy atom. The normalized spacial score (nSPS) is 11.4. The van der Waals surface area contributed by atoms with Crippen LogP contribution in [0.15, 0.2) is 82.1 Å². The highest BCUT2D eigenvalue weighted by molar-refractivity contribution is 7.90. The number of sulfone groups is 1. The zero-order valence-electron chi connectivity index (χ0n) is 19.3. The van der Waals surface area contributed by atoms with E-state index in [1.54, 1.807) is 55.5 Å². The molecule has 0 aliphatic heterocycles. The van der Waals surface area contributed by atoms with Gasteiger partial charge in [-0.25, -0.2) is 13.4 Å². The summed E-state index contributed by atoms with van der Waals surface area (Å²) in [5, 5.41) is 2.91. The van der Waals surface area contributed by atoms with Crippen molar-refractivity contribution in [2.75, 3.05) is 0 Å². The lowest BCUT2D eigenvalue weighted by Crippen LogP contribution is -2.22. The van der Waals surface area contributed by atoms with Crippen LogP contribution in [0.2, 0.25) is 0 Å². The van der Waals surface area contributed by atoms with E-state index < -0.39 is 9.84 Å². The first-order valence-electron chi connectivity index (χ1n) is 10.9. The van der Waals surface area contributed by atoms with Gasteiger partial charge in [0.05, 0.1) is 10.6 Å². The first-order chi connectivity index (χ1) is 16.2. The molecule has 4 rings (SSSR count). The third-order valence-electron chi connectivity index (χ3n) is 5.53. The molecule has 0 saturated carbocycles. The molecule has 0 aliphatic rings. The van der Waals surface area contributed by atoms with Gasteiger partial charge in [-0.3, -0.25) is 4.79 Å². The van der Waals surface area contributed by atoms with Crippen LogP contribution < -0.4 is 5.32 Å². The van der Waals surface area contributed by atoms with Gasteiger partial charge >= 0.3 is 0 Å². The second kappa shape index (κ2) is 9.65. The number of carbonyl (C=O) groups is 1. The van der Waals surface area contributed by atoms with Crippen molar-refractivity contribution in [3.8, 4) is 11.5 Å². The number of aromatic nitrogens is 1. The highest BCUT2D eigenvalue weighted by atomic mass is 32.2. The lowest BCUT2D eigenvalue weighted by molar-refractivity contribution is 0.0951. The number of hydrogen-bond acceptors (Lipinski definition) is 5. The maximum absolute atomic E-state index is 12.8. The average Bonchev–Trinajstić information content (AvgIpc) is 3.17. The zero-order valence-corrected chi connectivity index (χ0v) is 20.1. The van der Waals surface area contributed by atoms with Gasteiger partial charge in [-0.15, -0.1) is 0 Å². The number of aryl methyl sites for hydroxylation is 3. The Balaban J connectivity index is 1.45. The van der Waals surface area contributed by atoms with Crippen molar-refractivity contribution in [2.24, 2.45) is 0 Å². The van der Waals surface area contributed by atoms with Crippen LogP contribution in [-0.2, 0) is 22.1 Å². The van der Waals surface area contributed by atoms with Crippen LogP contribution in [0.1, 0.15) is 38.5 Å². The van der Waals surface area contributed by atoms with Gasteiger partial charge in [0, 0.05) is 17.7 Å². The van der Waals surface area contributed by atoms with Crippen LogP contribution in [-0.4, -0.2) is 19.3 Å². The van der Waals surface area contributed by atoms with Gasteiger partial charge in [-0.05, 0) is 62.7 Å². The van der Waals surface area contributed by atoms with Gasteiger partial charge in [0.25, 0.3) is 5.91 Å². The van der Waals surface area contributed by atoms with E-state index in [4.69, 9.17) is 4.42 Å². The van der Waals surface area contributed by atoms with Crippen LogP contribution in [0.25, 0.3) is 11.5 Å². The van der Waals surface area contributed by atoms with E-state index in [2.05, 4.69) is 10.3 Å². The predicted octanol–water partition coefficient (Wildman–Crippen LogP) is 5.17. The van der Waals surface area contributed by atoms with Crippen molar-refractivity contribution >= 4 is 15.7 Å². The quantitative estimate of drug-likeness (QED) is 0.399. The second-order valence-corrected chi connectivity index (χ2v) is 10.3. The Kier molecular flexibility index (Phi) is 6.65. The summed E-state index contributed by atoms with van der Waals surface area (Å²) < 4.78 is 31.3. The Hall–Kier alpha value is -3.71. The van der Waals surface area contributed by atoms with E-state index in [-0.39, 0.29) is 16.6 Å². The predicted molar refractivity (Wildman–Crippen MR) is 131 cm³/mol. The molecule has 0 atom stereocenters.